The Kier molecular flexibility index (Phi) is 5.01. The van der Waals surface area contributed by atoms with Gasteiger partial charge in [-0.05, 0) is 51.9 Å². The predicted molar refractivity (Wildman–Crippen MR) is 84.2 cm³/mol. The zero-order valence-electron chi connectivity index (χ0n) is 13.9. The number of carbonyl (C=O) groups excluding carboxylic acids is 1. The lowest BCUT2D eigenvalue weighted by molar-refractivity contribution is -0.142. The molecule has 1 aromatic rings. The molecule has 1 saturated carbocycles. The molecule has 0 aromatic carbocycles. The minimum atomic E-state index is -0.734. The van der Waals surface area contributed by atoms with Crippen LogP contribution in [0.3, 0.4) is 0 Å². The predicted octanol–water partition coefficient (Wildman–Crippen LogP) is 2.26. The zero-order valence-corrected chi connectivity index (χ0v) is 13.9. The number of aliphatic carboxylic acids is 1. The quantitative estimate of drug-likeness (QED) is 0.876. The summed E-state index contributed by atoms with van der Waals surface area (Å²) < 4.78 is 5.27. The van der Waals surface area contributed by atoms with Crippen LogP contribution in [0.5, 0.6) is 0 Å². The lowest BCUT2D eigenvalue weighted by Gasteiger charge is -2.35. The number of urea groups is 1. The van der Waals surface area contributed by atoms with Gasteiger partial charge in [0.2, 0.25) is 5.89 Å². The van der Waals surface area contributed by atoms with E-state index in [0.29, 0.717) is 43.9 Å². The monoisotopic (exact) mass is 336 g/mol. The van der Waals surface area contributed by atoms with E-state index >= 15 is 0 Å². The number of rotatable bonds is 3. The smallest absolute Gasteiger partial charge is 0.318 e. The highest BCUT2D eigenvalue weighted by atomic mass is 16.5. The fourth-order valence-corrected chi connectivity index (χ4v) is 3.62. The molecule has 2 aliphatic rings. The molecule has 1 saturated heterocycles. The Labute approximate surface area is 140 Å². The van der Waals surface area contributed by atoms with Crippen LogP contribution in [-0.2, 0) is 4.79 Å². The molecule has 1 atom stereocenters. The van der Waals surface area contributed by atoms with Crippen LogP contribution in [0.4, 0.5) is 4.79 Å². The maximum atomic E-state index is 12.7. The molecule has 8 nitrogen and oxygen atoms in total. The molecular formula is C16H24N4O4. The molecule has 1 aliphatic carbocycles. The second-order valence-corrected chi connectivity index (χ2v) is 6.72. The summed E-state index contributed by atoms with van der Waals surface area (Å²) >= 11 is 0. The van der Waals surface area contributed by atoms with Gasteiger partial charge in [-0.2, -0.15) is 4.98 Å². The number of carboxylic acid groups (broad SMARTS) is 1. The Morgan fingerprint density at radius 2 is 1.96 bits per heavy atom. The van der Waals surface area contributed by atoms with Gasteiger partial charge in [-0.1, -0.05) is 5.16 Å². The standard InChI is InChI=1S/C16H24N4O4/c1-10-17-14(24-19-10)13-4-2-3-9-20(13)16(23)18-12-7-5-11(6-8-12)15(21)22/h11-13H,2-9H2,1H3,(H,18,23)(H,21,22). The van der Waals surface area contributed by atoms with E-state index in [-0.39, 0.29) is 24.0 Å². The SMILES string of the molecule is Cc1noc(C2CCCCN2C(=O)NC2CCC(C(=O)O)CC2)n1. The van der Waals surface area contributed by atoms with Gasteiger partial charge in [0.25, 0.3) is 0 Å². The topological polar surface area (TPSA) is 109 Å². The first-order valence-corrected chi connectivity index (χ1v) is 8.64. The number of carbonyl (C=O) groups is 2. The number of nitrogens with zero attached hydrogens (tertiary/aromatic N) is 3. The highest BCUT2D eigenvalue weighted by Crippen LogP contribution is 2.30. The van der Waals surface area contributed by atoms with E-state index in [1.807, 2.05) is 0 Å². The Morgan fingerprint density at radius 3 is 2.58 bits per heavy atom. The van der Waals surface area contributed by atoms with Crippen molar-refractivity contribution in [2.45, 2.75) is 64.0 Å². The van der Waals surface area contributed by atoms with Crippen LogP contribution in [0, 0.1) is 12.8 Å². The van der Waals surface area contributed by atoms with E-state index in [0.717, 1.165) is 19.3 Å². The molecular weight excluding hydrogens is 312 g/mol. The van der Waals surface area contributed by atoms with Gasteiger partial charge in [0.1, 0.15) is 6.04 Å². The fraction of sp³-hybridized carbons (Fsp3) is 0.750. The molecule has 0 radical (unpaired) electrons. The molecule has 0 spiro atoms. The molecule has 1 unspecified atom stereocenters. The highest BCUT2D eigenvalue weighted by molar-refractivity contribution is 5.75. The van der Waals surface area contributed by atoms with Crippen molar-refractivity contribution in [2.24, 2.45) is 5.92 Å². The minimum Gasteiger partial charge on any atom is -0.481 e. The lowest BCUT2D eigenvalue weighted by Crippen LogP contribution is -2.49. The molecule has 1 aromatic heterocycles. The summed E-state index contributed by atoms with van der Waals surface area (Å²) in [6.45, 7) is 2.43. The van der Waals surface area contributed by atoms with Crippen molar-refractivity contribution < 1.29 is 19.2 Å². The summed E-state index contributed by atoms with van der Waals surface area (Å²) in [5.41, 5.74) is 0. The van der Waals surface area contributed by atoms with E-state index in [2.05, 4.69) is 15.5 Å². The number of amides is 2. The first-order chi connectivity index (χ1) is 11.5. The van der Waals surface area contributed by atoms with Crippen molar-refractivity contribution in [2.75, 3.05) is 6.54 Å². The van der Waals surface area contributed by atoms with Gasteiger partial charge < -0.3 is 19.8 Å². The van der Waals surface area contributed by atoms with Crippen LogP contribution in [0.25, 0.3) is 0 Å². The molecule has 132 valence electrons. The van der Waals surface area contributed by atoms with Crippen molar-refractivity contribution >= 4 is 12.0 Å². The van der Waals surface area contributed by atoms with Crippen LogP contribution in [-0.4, -0.2) is 44.7 Å². The van der Waals surface area contributed by atoms with Gasteiger partial charge in [-0.3, -0.25) is 4.79 Å². The van der Waals surface area contributed by atoms with Crippen molar-refractivity contribution in [3.63, 3.8) is 0 Å². The zero-order chi connectivity index (χ0) is 17.1. The Bertz CT molecular complexity index is 595. The van der Waals surface area contributed by atoms with E-state index in [1.165, 1.54) is 0 Å². The fourth-order valence-electron chi connectivity index (χ4n) is 3.62. The second kappa shape index (κ2) is 7.19. The van der Waals surface area contributed by atoms with Gasteiger partial charge in [0.15, 0.2) is 5.82 Å². The average Bonchev–Trinajstić information content (AvgIpc) is 3.01. The second-order valence-electron chi connectivity index (χ2n) is 6.72. The van der Waals surface area contributed by atoms with Crippen molar-refractivity contribution in [1.29, 1.82) is 0 Å². The third-order valence-electron chi connectivity index (χ3n) is 5.00. The average molecular weight is 336 g/mol. The normalized spacial score (nSPS) is 27.7. The Hall–Kier alpha value is -2.12. The number of hydrogen-bond donors (Lipinski definition) is 2. The maximum Gasteiger partial charge on any atom is 0.318 e. The van der Waals surface area contributed by atoms with Crippen molar-refractivity contribution in [3.8, 4) is 0 Å². The molecule has 8 heteroatoms. The van der Waals surface area contributed by atoms with Gasteiger partial charge in [0, 0.05) is 12.6 Å². The molecule has 0 bridgehead atoms. The minimum absolute atomic E-state index is 0.0418. The number of carboxylic acids is 1. The summed E-state index contributed by atoms with van der Waals surface area (Å²) in [7, 11) is 0. The summed E-state index contributed by atoms with van der Waals surface area (Å²) in [5.74, 6) is 0.0600. The van der Waals surface area contributed by atoms with Crippen LogP contribution in [0.2, 0.25) is 0 Å². The summed E-state index contributed by atoms with van der Waals surface area (Å²) in [4.78, 5) is 29.8. The summed E-state index contributed by atoms with van der Waals surface area (Å²) in [6.07, 6.45) is 5.46. The maximum absolute atomic E-state index is 12.7. The summed E-state index contributed by atoms with van der Waals surface area (Å²) in [6, 6.07) is -0.246. The van der Waals surface area contributed by atoms with E-state index in [9.17, 15) is 9.59 Å². The molecule has 2 heterocycles. The Balaban J connectivity index is 1.60. The van der Waals surface area contributed by atoms with Crippen LogP contribution in [0.1, 0.15) is 62.7 Å². The lowest BCUT2D eigenvalue weighted by atomic mass is 9.86. The Morgan fingerprint density at radius 1 is 1.21 bits per heavy atom. The number of nitrogens with one attached hydrogen (secondary N) is 1. The molecule has 1 aliphatic heterocycles. The third-order valence-corrected chi connectivity index (χ3v) is 5.00. The van der Waals surface area contributed by atoms with Gasteiger partial charge >= 0.3 is 12.0 Å². The number of hydrogen-bond acceptors (Lipinski definition) is 5. The number of piperidine rings is 1. The van der Waals surface area contributed by atoms with Crippen LogP contribution >= 0.6 is 0 Å². The van der Waals surface area contributed by atoms with Gasteiger partial charge in [-0.25, -0.2) is 4.79 Å². The van der Waals surface area contributed by atoms with E-state index in [1.54, 1.807) is 11.8 Å². The highest BCUT2D eigenvalue weighted by Gasteiger charge is 2.34. The molecule has 24 heavy (non-hydrogen) atoms. The van der Waals surface area contributed by atoms with Gasteiger partial charge in [0.05, 0.1) is 5.92 Å². The van der Waals surface area contributed by atoms with Crippen LogP contribution < -0.4 is 5.32 Å². The number of aromatic nitrogens is 2. The molecule has 2 N–H and O–H groups in total. The third kappa shape index (κ3) is 3.68. The van der Waals surface area contributed by atoms with Gasteiger partial charge in [-0.15, -0.1) is 0 Å². The molecule has 2 amide bonds. The van der Waals surface area contributed by atoms with E-state index < -0.39 is 5.97 Å². The van der Waals surface area contributed by atoms with Crippen molar-refractivity contribution in [1.82, 2.24) is 20.4 Å². The summed E-state index contributed by atoms with van der Waals surface area (Å²) in [5, 5.41) is 15.9. The van der Waals surface area contributed by atoms with E-state index in [4.69, 9.17) is 9.63 Å². The van der Waals surface area contributed by atoms with Crippen LogP contribution in [0.15, 0.2) is 4.52 Å². The number of aryl methyl sites for hydroxylation is 1. The number of likely N-dealkylation sites (tertiary alicyclic amines) is 1. The first kappa shape index (κ1) is 16.7. The largest absolute Gasteiger partial charge is 0.481 e. The van der Waals surface area contributed by atoms with Crippen molar-refractivity contribution in [3.05, 3.63) is 11.7 Å². The first-order valence-electron chi connectivity index (χ1n) is 8.64. The molecule has 2 fully saturated rings. The molecule has 3 rings (SSSR count).